The molecule has 2 rings (SSSR count). The average Bonchev–Trinajstić information content (AvgIpc) is 2.46. The summed E-state index contributed by atoms with van der Waals surface area (Å²) < 4.78 is 5.25. The summed E-state index contributed by atoms with van der Waals surface area (Å²) in [6.45, 7) is 2.62. The zero-order valence-corrected chi connectivity index (χ0v) is 12.3. The minimum Gasteiger partial charge on any atom is -0.496 e. The Morgan fingerprint density at radius 2 is 2.15 bits per heavy atom. The van der Waals surface area contributed by atoms with E-state index < -0.39 is 0 Å². The van der Waals surface area contributed by atoms with Crippen molar-refractivity contribution in [2.24, 2.45) is 11.7 Å². The smallest absolute Gasteiger partial charge is 0.255 e. The van der Waals surface area contributed by atoms with Gasteiger partial charge in [0, 0.05) is 12.6 Å². The maximum Gasteiger partial charge on any atom is 0.255 e. The molecule has 1 saturated carbocycles. The number of hydrogen-bond acceptors (Lipinski definition) is 3. The van der Waals surface area contributed by atoms with Crippen molar-refractivity contribution in [2.45, 2.75) is 38.6 Å². The molecule has 1 amide bonds. The molecule has 110 valence electrons. The third kappa shape index (κ3) is 3.51. The lowest BCUT2D eigenvalue weighted by atomic mass is 9.85. The van der Waals surface area contributed by atoms with Crippen molar-refractivity contribution in [3.05, 3.63) is 29.3 Å². The molecule has 1 aliphatic carbocycles. The van der Waals surface area contributed by atoms with Gasteiger partial charge in [-0.15, -0.1) is 0 Å². The summed E-state index contributed by atoms with van der Waals surface area (Å²) in [6.07, 6.45) is 4.58. The van der Waals surface area contributed by atoms with E-state index >= 15 is 0 Å². The highest BCUT2D eigenvalue weighted by atomic mass is 16.5. The van der Waals surface area contributed by atoms with Gasteiger partial charge in [-0.2, -0.15) is 0 Å². The molecule has 3 N–H and O–H groups in total. The van der Waals surface area contributed by atoms with Crippen molar-refractivity contribution in [1.29, 1.82) is 0 Å². The van der Waals surface area contributed by atoms with E-state index in [1.54, 1.807) is 7.11 Å². The molecule has 0 bridgehead atoms. The Hall–Kier alpha value is -1.55. The minimum absolute atomic E-state index is 0.0803. The van der Waals surface area contributed by atoms with Crippen LogP contribution >= 0.6 is 0 Å². The first-order chi connectivity index (χ1) is 9.61. The monoisotopic (exact) mass is 276 g/mol. The number of nitrogens with two attached hydrogens (primary N) is 1. The zero-order chi connectivity index (χ0) is 14.5. The van der Waals surface area contributed by atoms with Gasteiger partial charge >= 0.3 is 0 Å². The summed E-state index contributed by atoms with van der Waals surface area (Å²) in [5.41, 5.74) is 7.75. The molecule has 0 aliphatic heterocycles. The number of aryl methyl sites for hydroxylation is 1. The number of hydrogen-bond donors (Lipinski definition) is 2. The quantitative estimate of drug-likeness (QED) is 0.886. The molecule has 1 aliphatic rings. The first-order valence-corrected chi connectivity index (χ1v) is 7.30. The van der Waals surface area contributed by atoms with Gasteiger partial charge in [-0.1, -0.05) is 24.5 Å². The van der Waals surface area contributed by atoms with Crippen LogP contribution in [0.15, 0.2) is 18.2 Å². The van der Waals surface area contributed by atoms with Crippen molar-refractivity contribution < 1.29 is 9.53 Å². The van der Waals surface area contributed by atoms with Crippen LogP contribution in [0.3, 0.4) is 0 Å². The molecule has 0 saturated heterocycles. The van der Waals surface area contributed by atoms with Gasteiger partial charge in [0.2, 0.25) is 0 Å². The summed E-state index contributed by atoms with van der Waals surface area (Å²) in [4.78, 5) is 12.3. The Labute approximate surface area is 120 Å². The SMILES string of the molecule is COc1ccc(C)cc1C(=O)NCC1CCCCC1N. The highest BCUT2D eigenvalue weighted by molar-refractivity contribution is 5.97. The maximum absolute atomic E-state index is 12.3. The van der Waals surface area contributed by atoms with Crippen LogP contribution in [-0.4, -0.2) is 25.6 Å². The number of amides is 1. The van der Waals surface area contributed by atoms with Gasteiger partial charge in [0.25, 0.3) is 5.91 Å². The molecule has 0 spiro atoms. The topological polar surface area (TPSA) is 64.3 Å². The van der Waals surface area contributed by atoms with Gasteiger partial charge < -0.3 is 15.8 Å². The van der Waals surface area contributed by atoms with E-state index in [1.807, 2.05) is 25.1 Å². The van der Waals surface area contributed by atoms with E-state index in [0.717, 1.165) is 18.4 Å². The lowest BCUT2D eigenvalue weighted by molar-refractivity contribution is 0.0938. The van der Waals surface area contributed by atoms with Crippen molar-refractivity contribution in [2.75, 3.05) is 13.7 Å². The third-order valence-corrected chi connectivity index (χ3v) is 4.09. The molecule has 0 aromatic heterocycles. The summed E-state index contributed by atoms with van der Waals surface area (Å²) >= 11 is 0. The number of nitrogens with one attached hydrogen (secondary N) is 1. The van der Waals surface area contributed by atoms with Gasteiger partial charge in [0.05, 0.1) is 12.7 Å². The summed E-state index contributed by atoms with van der Waals surface area (Å²) in [5, 5.41) is 3.00. The Morgan fingerprint density at radius 3 is 2.85 bits per heavy atom. The standard InChI is InChI=1S/C16H24N2O2/c1-11-7-8-15(20-2)13(9-11)16(19)18-10-12-5-3-4-6-14(12)17/h7-9,12,14H,3-6,10,17H2,1-2H3,(H,18,19). The summed E-state index contributed by atoms with van der Waals surface area (Å²) in [5.74, 6) is 0.924. The van der Waals surface area contributed by atoms with Crippen LogP contribution < -0.4 is 15.8 Å². The number of carbonyl (C=O) groups is 1. The van der Waals surface area contributed by atoms with Gasteiger partial charge in [-0.05, 0) is 37.8 Å². The molecule has 20 heavy (non-hydrogen) atoms. The van der Waals surface area contributed by atoms with Crippen LogP contribution in [0.2, 0.25) is 0 Å². The van der Waals surface area contributed by atoms with E-state index in [2.05, 4.69) is 5.32 Å². The first-order valence-electron chi connectivity index (χ1n) is 7.30. The highest BCUT2D eigenvalue weighted by Crippen LogP contribution is 2.23. The number of rotatable bonds is 4. The average molecular weight is 276 g/mol. The molecule has 1 fully saturated rings. The Kier molecular flexibility index (Phi) is 5.01. The van der Waals surface area contributed by atoms with Gasteiger partial charge in [-0.25, -0.2) is 0 Å². The highest BCUT2D eigenvalue weighted by Gasteiger charge is 2.22. The van der Waals surface area contributed by atoms with Crippen molar-refractivity contribution in [3.8, 4) is 5.75 Å². The lowest BCUT2D eigenvalue weighted by Gasteiger charge is -2.28. The molecule has 2 unspecified atom stereocenters. The number of methoxy groups -OCH3 is 1. The van der Waals surface area contributed by atoms with Crippen molar-refractivity contribution >= 4 is 5.91 Å². The van der Waals surface area contributed by atoms with Gasteiger partial charge in [0.15, 0.2) is 0 Å². The minimum atomic E-state index is -0.0803. The Morgan fingerprint density at radius 1 is 1.40 bits per heavy atom. The fourth-order valence-electron chi connectivity index (χ4n) is 2.81. The van der Waals surface area contributed by atoms with Crippen molar-refractivity contribution in [1.82, 2.24) is 5.32 Å². The van der Waals surface area contributed by atoms with Gasteiger partial charge in [0.1, 0.15) is 5.75 Å². The molecule has 0 heterocycles. The van der Waals surface area contributed by atoms with E-state index in [-0.39, 0.29) is 11.9 Å². The van der Waals surface area contributed by atoms with Crippen LogP contribution in [0.1, 0.15) is 41.6 Å². The molecular formula is C16H24N2O2. The second-order valence-electron chi connectivity index (χ2n) is 5.62. The summed E-state index contributed by atoms with van der Waals surface area (Å²) in [6, 6.07) is 5.83. The van der Waals surface area contributed by atoms with E-state index in [4.69, 9.17) is 10.5 Å². The van der Waals surface area contributed by atoms with E-state index in [1.165, 1.54) is 12.8 Å². The number of ether oxygens (including phenoxy) is 1. The second-order valence-corrected chi connectivity index (χ2v) is 5.62. The number of carbonyl (C=O) groups excluding carboxylic acids is 1. The molecular weight excluding hydrogens is 252 g/mol. The predicted molar refractivity (Wildman–Crippen MR) is 80.0 cm³/mol. The lowest BCUT2D eigenvalue weighted by Crippen LogP contribution is -2.41. The third-order valence-electron chi connectivity index (χ3n) is 4.09. The Bertz CT molecular complexity index is 474. The van der Waals surface area contributed by atoms with Crippen LogP contribution in [0.25, 0.3) is 0 Å². The molecule has 1 aromatic rings. The summed E-state index contributed by atoms with van der Waals surface area (Å²) in [7, 11) is 1.58. The molecule has 0 radical (unpaired) electrons. The van der Waals surface area contributed by atoms with Gasteiger partial charge in [-0.3, -0.25) is 4.79 Å². The first kappa shape index (κ1) is 14.9. The molecule has 4 nitrogen and oxygen atoms in total. The van der Waals surface area contributed by atoms with E-state index in [0.29, 0.717) is 23.8 Å². The normalized spacial score (nSPS) is 22.4. The fourth-order valence-corrected chi connectivity index (χ4v) is 2.81. The van der Waals surface area contributed by atoms with Crippen LogP contribution in [0, 0.1) is 12.8 Å². The predicted octanol–water partition coefficient (Wildman–Crippen LogP) is 2.25. The maximum atomic E-state index is 12.3. The second kappa shape index (κ2) is 6.75. The molecule has 1 aromatic carbocycles. The largest absolute Gasteiger partial charge is 0.496 e. The number of benzene rings is 1. The fraction of sp³-hybridized carbons (Fsp3) is 0.562. The van der Waals surface area contributed by atoms with Crippen LogP contribution in [0.4, 0.5) is 0 Å². The Balaban J connectivity index is 1.99. The molecule has 4 heteroatoms. The van der Waals surface area contributed by atoms with E-state index in [9.17, 15) is 4.79 Å². The zero-order valence-electron chi connectivity index (χ0n) is 12.3. The van der Waals surface area contributed by atoms with Crippen molar-refractivity contribution in [3.63, 3.8) is 0 Å². The molecule has 2 atom stereocenters. The van der Waals surface area contributed by atoms with Crippen LogP contribution in [0.5, 0.6) is 5.75 Å². The van der Waals surface area contributed by atoms with Crippen LogP contribution in [-0.2, 0) is 0 Å².